The number of aliphatic hydroxyl groups is 1. The molecule has 0 spiro atoms. The van der Waals surface area contributed by atoms with Gasteiger partial charge in [0.2, 0.25) is 0 Å². The van der Waals surface area contributed by atoms with Crippen molar-refractivity contribution < 1.29 is 23.8 Å². The molecule has 0 radical (unpaired) electrons. The van der Waals surface area contributed by atoms with E-state index in [9.17, 15) is 19.1 Å². The lowest BCUT2D eigenvalue weighted by molar-refractivity contribution is -0.139. The zero-order valence-electron chi connectivity index (χ0n) is 19.9. The highest BCUT2D eigenvalue weighted by Crippen LogP contribution is 2.39. The van der Waals surface area contributed by atoms with Crippen LogP contribution in [0.15, 0.2) is 78.5 Å². The van der Waals surface area contributed by atoms with Crippen molar-refractivity contribution in [2.75, 3.05) is 13.7 Å². The second-order valence-corrected chi connectivity index (χ2v) is 8.89. The number of ether oxygens (including phenoxy) is 1. The Balaban J connectivity index is 1.55. The third-order valence-electron chi connectivity index (χ3n) is 6.65. The lowest BCUT2D eigenvalue weighted by atomic mass is 9.95. The number of methoxy groups -OCH3 is 1. The summed E-state index contributed by atoms with van der Waals surface area (Å²) >= 11 is 0. The van der Waals surface area contributed by atoms with Crippen LogP contribution < -0.4 is 4.74 Å². The first-order valence-electron chi connectivity index (χ1n) is 11.6. The maximum Gasteiger partial charge on any atom is 0.295 e. The Morgan fingerprint density at radius 2 is 1.78 bits per heavy atom. The van der Waals surface area contributed by atoms with Crippen molar-refractivity contribution in [3.8, 4) is 5.75 Å². The molecule has 7 heteroatoms. The Morgan fingerprint density at radius 1 is 1.06 bits per heavy atom. The molecule has 5 rings (SSSR count). The summed E-state index contributed by atoms with van der Waals surface area (Å²) in [6, 6.07) is 17.6. The number of Topliss-reactive ketones (excluding diaryl/α,β-unsaturated/α-hetero) is 1. The molecular formula is C29H25FN2O4. The van der Waals surface area contributed by atoms with E-state index in [1.807, 2.05) is 43.5 Å². The summed E-state index contributed by atoms with van der Waals surface area (Å²) in [7, 11) is 1.60. The van der Waals surface area contributed by atoms with Gasteiger partial charge in [-0.15, -0.1) is 0 Å². The Labute approximate surface area is 207 Å². The number of aryl methyl sites for hydroxylation is 1. The molecule has 1 amide bonds. The fraction of sp³-hybridized carbons (Fsp3) is 0.172. The lowest BCUT2D eigenvalue weighted by Gasteiger charge is -2.25. The Morgan fingerprint density at radius 3 is 2.47 bits per heavy atom. The topological polar surface area (TPSA) is 82.6 Å². The highest BCUT2D eigenvalue weighted by atomic mass is 19.1. The average Bonchev–Trinajstić information content (AvgIpc) is 3.40. The summed E-state index contributed by atoms with van der Waals surface area (Å²) in [6.07, 6.45) is 2.34. The molecule has 1 atom stereocenters. The summed E-state index contributed by atoms with van der Waals surface area (Å²) in [4.78, 5) is 31.1. The van der Waals surface area contributed by atoms with Crippen LogP contribution in [-0.4, -0.2) is 40.3 Å². The minimum Gasteiger partial charge on any atom is -0.507 e. The second kappa shape index (κ2) is 9.34. The number of hydrogen-bond acceptors (Lipinski definition) is 4. The van der Waals surface area contributed by atoms with Crippen LogP contribution in [0.5, 0.6) is 5.75 Å². The molecule has 182 valence electrons. The number of benzene rings is 3. The van der Waals surface area contributed by atoms with Crippen LogP contribution >= 0.6 is 0 Å². The number of likely N-dealkylation sites (tertiary alicyclic amines) is 1. The molecule has 0 saturated carbocycles. The fourth-order valence-corrected chi connectivity index (χ4v) is 4.70. The number of nitrogens with one attached hydrogen (secondary N) is 1. The van der Waals surface area contributed by atoms with E-state index in [1.165, 1.54) is 29.2 Å². The van der Waals surface area contributed by atoms with Crippen LogP contribution in [0, 0.1) is 12.7 Å². The van der Waals surface area contributed by atoms with Crippen molar-refractivity contribution in [1.82, 2.24) is 9.88 Å². The maximum absolute atomic E-state index is 13.7. The number of hydrogen-bond donors (Lipinski definition) is 2. The number of fused-ring (bicyclic) bond motifs is 1. The van der Waals surface area contributed by atoms with Crippen molar-refractivity contribution >= 4 is 28.4 Å². The van der Waals surface area contributed by atoms with E-state index in [0.29, 0.717) is 23.3 Å². The van der Waals surface area contributed by atoms with E-state index >= 15 is 0 Å². The molecule has 1 aliphatic rings. The van der Waals surface area contributed by atoms with E-state index < -0.39 is 23.5 Å². The molecule has 0 bridgehead atoms. The van der Waals surface area contributed by atoms with Crippen molar-refractivity contribution in [2.45, 2.75) is 19.4 Å². The van der Waals surface area contributed by atoms with Gasteiger partial charge < -0.3 is 19.7 Å². The third kappa shape index (κ3) is 4.13. The van der Waals surface area contributed by atoms with Crippen LogP contribution in [-0.2, 0) is 16.0 Å². The molecule has 1 aromatic heterocycles. The number of aromatic amines is 1. The zero-order chi connectivity index (χ0) is 25.4. The first kappa shape index (κ1) is 23.4. The van der Waals surface area contributed by atoms with Gasteiger partial charge >= 0.3 is 0 Å². The largest absolute Gasteiger partial charge is 0.507 e. The van der Waals surface area contributed by atoms with E-state index in [4.69, 9.17) is 4.74 Å². The molecule has 2 heterocycles. The first-order chi connectivity index (χ1) is 17.4. The van der Waals surface area contributed by atoms with Gasteiger partial charge in [-0.1, -0.05) is 42.0 Å². The van der Waals surface area contributed by atoms with Gasteiger partial charge in [0.25, 0.3) is 11.7 Å². The lowest BCUT2D eigenvalue weighted by Crippen LogP contribution is -2.31. The van der Waals surface area contributed by atoms with Crippen molar-refractivity contribution in [3.05, 3.63) is 107 Å². The third-order valence-corrected chi connectivity index (χ3v) is 6.65. The summed E-state index contributed by atoms with van der Waals surface area (Å²) in [6.45, 7) is 2.14. The van der Waals surface area contributed by atoms with Crippen LogP contribution in [0.3, 0.4) is 0 Å². The van der Waals surface area contributed by atoms with Gasteiger partial charge in [-0.2, -0.15) is 0 Å². The minimum atomic E-state index is -0.841. The molecule has 1 fully saturated rings. The highest BCUT2D eigenvalue weighted by molar-refractivity contribution is 6.46. The van der Waals surface area contributed by atoms with E-state index in [1.54, 1.807) is 19.2 Å². The molecule has 1 aliphatic heterocycles. The van der Waals surface area contributed by atoms with Gasteiger partial charge in [0.05, 0.1) is 18.7 Å². The Bertz CT molecular complexity index is 1490. The summed E-state index contributed by atoms with van der Waals surface area (Å²) in [5.41, 5.74) is 3.87. The molecule has 4 aromatic rings. The second-order valence-electron chi connectivity index (χ2n) is 8.89. The number of rotatable bonds is 6. The van der Waals surface area contributed by atoms with Gasteiger partial charge in [0.1, 0.15) is 17.3 Å². The molecule has 36 heavy (non-hydrogen) atoms. The highest BCUT2D eigenvalue weighted by Gasteiger charge is 2.45. The van der Waals surface area contributed by atoms with Gasteiger partial charge in [-0.3, -0.25) is 9.59 Å². The minimum absolute atomic E-state index is 0.00365. The van der Waals surface area contributed by atoms with Crippen molar-refractivity contribution in [3.63, 3.8) is 0 Å². The zero-order valence-corrected chi connectivity index (χ0v) is 19.9. The summed E-state index contributed by atoms with van der Waals surface area (Å²) < 4.78 is 19.0. The number of ketones is 1. The van der Waals surface area contributed by atoms with Gasteiger partial charge in [-0.25, -0.2) is 4.39 Å². The summed E-state index contributed by atoms with van der Waals surface area (Å²) in [5, 5.41) is 12.1. The molecular weight excluding hydrogens is 459 g/mol. The average molecular weight is 485 g/mol. The number of carbonyl (C=O) groups excluding carboxylic acids is 2. The number of aromatic nitrogens is 1. The van der Waals surface area contributed by atoms with Gasteiger partial charge in [-0.05, 0) is 54.8 Å². The van der Waals surface area contributed by atoms with E-state index in [0.717, 1.165) is 22.0 Å². The maximum atomic E-state index is 13.7. The number of aliphatic hydroxyl groups excluding tert-OH is 1. The van der Waals surface area contributed by atoms with E-state index in [-0.39, 0.29) is 17.9 Å². The molecule has 1 unspecified atom stereocenters. The van der Waals surface area contributed by atoms with Crippen molar-refractivity contribution in [2.24, 2.45) is 0 Å². The number of amides is 1. The molecule has 6 nitrogen and oxygen atoms in total. The molecule has 1 saturated heterocycles. The molecule has 0 aliphatic carbocycles. The quantitative estimate of drug-likeness (QED) is 0.221. The molecule has 3 aromatic carbocycles. The van der Waals surface area contributed by atoms with Crippen LogP contribution in [0.25, 0.3) is 16.7 Å². The normalized spacial score (nSPS) is 17.2. The number of nitrogens with zero attached hydrogens (tertiary/aromatic N) is 1. The van der Waals surface area contributed by atoms with Crippen molar-refractivity contribution in [1.29, 1.82) is 0 Å². The van der Waals surface area contributed by atoms with E-state index in [2.05, 4.69) is 4.98 Å². The van der Waals surface area contributed by atoms with Crippen LogP contribution in [0.4, 0.5) is 4.39 Å². The summed E-state index contributed by atoms with van der Waals surface area (Å²) in [5.74, 6) is -1.42. The first-order valence-corrected chi connectivity index (χ1v) is 11.6. The number of carbonyl (C=O) groups is 2. The monoisotopic (exact) mass is 484 g/mol. The van der Waals surface area contributed by atoms with Gasteiger partial charge in [0.15, 0.2) is 0 Å². The SMILES string of the molecule is COc1ccc2[nH]cc(CCN3C(=O)C(=O)/C(=C(\O)c4ccc(C)cc4)C3c3ccc(F)cc3)c2c1. The number of halogens is 1. The number of H-pyrrole nitrogens is 1. The smallest absolute Gasteiger partial charge is 0.295 e. The molecule has 2 N–H and O–H groups in total. The predicted molar refractivity (Wildman–Crippen MR) is 135 cm³/mol. The Hall–Kier alpha value is -4.39. The standard InChI is InChI=1S/C29H25FN2O4/c1-17-3-5-19(6-4-17)27(33)25-26(18-7-9-21(30)10-8-18)32(29(35)28(25)34)14-13-20-16-31-24-12-11-22(36-2)15-23(20)24/h3-12,15-16,26,31,33H,13-14H2,1-2H3/b27-25-. The predicted octanol–water partition coefficient (Wildman–Crippen LogP) is 5.29. The fourth-order valence-electron chi connectivity index (χ4n) is 4.70. The van der Waals surface area contributed by atoms with Crippen LogP contribution in [0.1, 0.15) is 28.3 Å². The van der Waals surface area contributed by atoms with Gasteiger partial charge in [0, 0.05) is 29.2 Å². The van der Waals surface area contributed by atoms with Crippen LogP contribution in [0.2, 0.25) is 0 Å². The Kier molecular flexibility index (Phi) is 6.06.